The molecular weight excluding hydrogens is 397 g/mol. The molecule has 0 fully saturated rings. The number of carboxylic acids is 1. The Morgan fingerprint density at radius 2 is 1.46 bits per heavy atom. The highest BCUT2D eigenvalue weighted by atomic mass is 32.2. The van der Waals surface area contributed by atoms with Gasteiger partial charge in [0.1, 0.15) is 0 Å². The Balaban J connectivity index is 4.21. The smallest absolute Gasteiger partial charge is 0.435 e. The van der Waals surface area contributed by atoms with Crippen LogP contribution >= 0.6 is 0 Å². The van der Waals surface area contributed by atoms with Crippen LogP contribution in [0.15, 0.2) is 17.0 Å². The number of benzene rings is 1. The van der Waals surface area contributed by atoms with Crippen molar-refractivity contribution in [2.45, 2.75) is 43.2 Å². The number of carbonyl (C=O) groups is 1. The summed E-state index contributed by atoms with van der Waals surface area (Å²) in [4.78, 5) is 9.57. The van der Waals surface area contributed by atoms with E-state index in [0.29, 0.717) is 6.07 Å². The number of hydrogen-bond acceptors (Lipinski definition) is 3. The van der Waals surface area contributed by atoms with Gasteiger partial charge in [0.05, 0.1) is 16.2 Å². The van der Waals surface area contributed by atoms with Crippen molar-refractivity contribution in [2.24, 2.45) is 0 Å². The monoisotopic (exact) mass is 410 g/mol. The van der Waals surface area contributed by atoms with Crippen LogP contribution in [0.1, 0.15) is 35.3 Å². The summed E-state index contributed by atoms with van der Waals surface area (Å²) in [7, 11) is -4.83. The van der Waals surface area contributed by atoms with Crippen LogP contribution in [0.4, 0.5) is 30.7 Å². The van der Waals surface area contributed by atoms with Gasteiger partial charge in [-0.25, -0.2) is 17.6 Å². The second-order valence-electron chi connectivity index (χ2n) is 5.18. The van der Waals surface area contributed by atoms with Gasteiger partial charge in [-0.15, -0.1) is 0 Å². The van der Waals surface area contributed by atoms with Crippen molar-refractivity contribution in [1.82, 2.24) is 0 Å². The van der Waals surface area contributed by atoms with Crippen LogP contribution in [0.3, 0.4) is 0 Å². The summed E-state index contributed by atoms with van der Waals surface area (Å²) in [5, 5.41) is 9.04. The lowest BCUT2D eigenvalue weighted by Crippen LogP contribution is -2.51. The van der Waals surface area contributed by atoms with E-state index in [0.717, 1.165) is 13.8 Å². The maximum atomic E-state index is 14.5. The highest BCUT2D eigenvalue weighted by Crippen LogP contribution is 2.55. The average Bonchev–Trinajstić information content (AvgIpc) is 2.50. The molecule has 0 atom stereocenters. The third-order valence-electron chi connectivity index (χ3n) is 3.69. The minimum atomic E-state index is -6.53. The van der Waals surface area contributed by atoms with E-state index >= 15 is 0 Å². The van der Waals surface area contributed by atoms with Crippen molar-refractivity contribution >= 4 is 15.8 Å². The van der Waals surface area contributed by atoms with Crippen molar-refractivity contribution in [2.75, 3.05) is 5.75 Å². The first-order valence-electron chi connectivity index (χ1n) is 7.01. The standard InChI is InChI=1S/C14H13F7O4S/c1-3-7-8(11(22)23)5-6-9(10(7)26(24,25)4-2)12(15,13(16,17)18)14(19,20)21/h5-6H,3-4H2,1-2H3,(H,22,23). The largest absolute Gasteiger partial charge is 0.478 e. The Bertz CT molecular complexity index is 796. The number of aromatic carboxylic acids is 1. The Morgan fingerprint density at radius 1 is 1.00 bits per heavy atom. The quantitative estimate of drug-likeness (QED) is 0.745. The Hall–Kier alpha value is -1.85. The van der Waals surface area contributed by atoms with Crippen molar-refractivity contribution in [1.29, 1.82) is 0 Å². The third kappa shape index (κ3) is 3.38. The van der Waals surface area contributed by atoms with E-state index in [1.54, 1.807) is 0 Å². The molecule has 0 spiro atoms. The molecule has 1 aromatic carbocycles. The average molecular weight is 410 g/mol. The highest BCUT2D eigenvalue weighted by Gasteiger charge is 2.74. The predicted octanol–water partition coefficient (Wildman–Crippen LogP) is 4.03. The van der Waals surface area contributed by atoms with Crippen LogP contribution in [0.2, 0.25) is 0 Å². The normalized spacial score (nSPS) is 13.7. The molecule has 26 heavy (non-hydrogen) atoms. The zero-order chi connectivity index (χ0) is 20.7. The SMILES string of the molecule is CCc1c(C(=O)O)ccc(C(F)(C(F)(F)F)C(F)(F)F)c1S(=O)(=O)CC. The molecule has 0 aliphatic carbocycles. The molecule has 4 nitrogen and oxygen atoms in total. The van der Waals surface area contributed by atoms with Crippen LogP contribution in [0.25, 0.3) is 0 Å². The number of hydrogen-bond donors (Lipinski definition) is 1. The molecule has 0 saturated carbocycles. The lowest BCUT2D eigenvalue weighted by Gasteiger charge is -2.32. The maximum Gasteiger partial charge on any atom is 0.435 e. The summed E-state index contributed by atoms with van der Waals surface area (Å²) in [6, 6.07) is 0.239. The van der Waals surface area contributed by atoms with Gasteiger partial charge >= 0.3 is 24.0 Å². The molecule has 0 saturated heterocycles. The van der Waals surface area contributed by atoms with E-state index in [1.165, 1.54) is 0 Å². The summed E-state index contributed by atoms with van der Waals surface area (Å²) in [5.74, 6) is -2.73. The summed E-state index contributed by atoms with van der Waals surface area (Å²) >= 11 is 0. The first-order chi connectivity index (χ1) is 11.6. The van der Waals surface area contributed by atoms with E-state index in [2.05, 4.69) is 0 Å². The van der Waals surface area contributed by atoms with Crippen LogP contribution < -0.4 is 0 Å². The molecule has 12 heteroatoms. The van der Waals surface area contributed by atoms with Gasteiger partial charge in [-0.05, 0) is 18.1 Å². The number of rotatable bonds is 5. The van der Waals surface area contributed by atoms with Crippen LogP contribution in [-0.4, -0.2) is 37.6 Å². The summed E-state index contributed by atoms with van der Waals surface area (Å²) in [5.41, 5.74) is -9.83. The Morgan fingerprint density at radius 3 is 1.77 bits per heavy atom. The van der Waals surface area contributed by atoms with E-state index in [9.17, 15) is 43.9 Å². The number of alkyl halides is 7. The van der Waals surface area contributed by atoms with Crippen molar-refractivity contribution < 1.29 is 49.1 Å². The maximum absolute atomic E-state index is 14.5. The minimum Gasteiger partial charge on any atom is -0.478 e. The topological polar surface area (TPSA) is 71.4 Å². The van der Waals surface area contributed by atoms with Crippen molar-refractivity contribution in [3.05, 3.63) is 28.8 Å². The lowest BCUT2D eigenvalue weighted by atomic mass is 9.90. The molecule has 1 N–H and O–H groups in total. The Labute approximate surface area is 143 Å². The number of halogens is 7. The summed E-state index contributed by atoms with van der Waals surface area (Å²) < 4.78 is 117. The number of carboxylic acid groups (broad SMARTS) is 1. The van der Waals surface area contributed by atoms with E-state index in [4.69, 9.17) is 5.11 Å². The molecule has 0 amide bonds. The Kier molecular flexibility index (Phi) is 5.72. The molecule has 0 aliphatic heterocycles. The lowest BCUT2D eigenvalue weighted by molar-refractivity contribution is -0.349. The van der Waals surface area contributed by atoms with Crippen molar-refractivity contribution in [3.8, 4) is 0 Å². The predicted molar refractivity (Wildman–Crippen MR) is 75.4 cm³/mol. The van der Waals surface area contributed by atoms with Crippen LogP contribution in [-0.2, 0) is 21.9 Å². The molecule has 1 rings (SSSR count). The zero-order valence-electron chi connectivity index (χ0n) is 13.3. The van der Waals surface area contributed by atoms with E-state index in [-0.39, 0.29) is 6.07 Å². The summed E-state index contributed by atoms with van der Waals surface area (Å²) in [6.07, 6.45) is -13.6. The highest BCUT2D eigenvalue weighted by molar-refractivity contribution is 7.91. The van der Waals surface area contributed by atoms with Gasteiger partial charge in [-0.1, -0.05) is 19.9 Å². The molecule has 0 radical (unpaired) electrons. The molecule has 0 unspecified atom stereocenters. The van der Waals surface area contributed by atoms with E-state index < -0.39 is 67.6 Å². The first-order valence-corrected chi connectivity index (χ1v) is 8.66. The molecule has 1 aromatic rings. The fourth-order valence-corrected chi connectivity index (χ4v) is 3.88. The van der Waals surface area contributed by atoms with Gasteiger partial charge in [-0.2, -0.15) is 26.3 Å². The second-order valence-corrected chi connectivity index (χ2v) is 7.40. The van der Waals surface area contributed by atoms with E-state index in [1.807, 2.05) is 0 Å². The summed E-state index contributed by atoms with van der Waals surface area (Å²) in [6.45, 7) is 2.05. The van der Waals surface area contributed by atoms with Gasteiger partial charge in [0.15, 0.2) is 9.84 Å². The third-order valence-corrected chi connectivity index (χ3v) is 5.54. The van der Waals surface area contributed by atoms with Crippen molar-refractivity contribution in [3.63, 3.8) is 0 Å². The molecule has 0 bridgehead atoms. The van der Waals surface area contributed by atoms with Gasteiger partial charge in [0, 0.05) is 5.56 Å². The van der Waals surface area contributed by atoms with Gasteiger partial charge in [0.2, 0.25) is 0 Å². The number of sulfone groups is 1. The molecular formula is C14H13F7O4S. The fraction of sp³-hybridized carbons (Fsp3) is 0.500. The zero-order valence-corrected chi connectivity index (χ0v) is 14.1. The molecule has 148 valence electrons. The molecule has 0 aromatic heterocycles. The molecule has 0 aliphatic rings. The van der Waals surface area contributed by atoms with Gasteiger partial charge in [0.25, 0.3) is 0 Å². The van der Waals surface area contributed by atoms with Crippen LogP contribution in [0, 0.1) is 0 Å². The second kappa shape index (κ2) is 6.71. The minimum absolute atomic E-state index is 0.0911. The van der Waals surface area contributed by atoms with Gasteiger partial charge in [-0.3, -0.25) is 0 Å². The molecule has 0 heterocycles. The van der Waals surface area contributed by atoms with Gasteiger partial charge < -0.3 is 5.11 Å². The first kappa shape index (κ1) is 22.2. The fourth-order valence-electron chi connectivity index (χ4n) is 2.42. The van der Waals surface area contributed by atoms with Crippen LogP contribution in [0.5, 0.6) is 0 Å².